The number of nitrogens with one attached hydrogen (secondary N) is 1. The van der Waals surface area contributed by atoms with Crippen molar-refractivity contribution in [1.29, 1.82) is 0 Å². The summed E-state index contributed by atoms with van der Waals surface area (Å²) in [6.07, 6.45) is 8.51. The number of piperidine rings is 2. The maximum absolute atomic E-state index is 12.6. The van der Waals surface area contributed by atoms with Crippen LogP contribution in [-0.4, -0.2) is 73.4 Å². The molecule has 1 unspecified atom stereocenters. The molecule has 0 aromatic rings. The Morgan fingerprint density at radius 2 is 1.77 bits per heavy atom. The minimum Gasteiger partial charge on any atom is -0.338 e. The Bertz CT molecular complexity index is 628. The van der Waals surface area contributed by atoms with Crippen molar-refractivity contribution in [3.8, 4) is 0 Å². The molecule has 1 saturated carbocycles. The molecule has 2 aliphatic heterocycles. The summed E-state index contributed by atoms with van der Waals surface area (Å²) in [4.78, 5) is 28.6. The molecule has 26 heavy (non-hydrogen) atoms. The molecule has 3 fully saturated rings. The molecule has 3 rings (SSSR count). The first-order valence-corrected chi connectivity index (χ1v) is 11.8. The van der Waals surface area contributed by atoms with E-state index in [-0.39, 0.29) is 29.3 Å². The minimum absolute atomic E-state index is 0.0532. The van der Waals surface area contributed by atoms with E-state index in [1.54, 1.807) is 0 Å². The predicted octanol–water partition coefficient (Wildman–Crippen LogP) is 1.53. The van der Waals surface area contributed by atoms with Crippen LogP contribution in [0.15, 0.2) is 0 Å². The molecule has 1 aliphatic carbocycles. The Hall–Kier alpha value is -1.31. The van der Waals surface area contributed by atoms with Crippen molar-refractivity contribution in [2.24, 2.45) is 0 Å². The van der Waals surface area contributed by atoms with E-state index >= 15 is 0 Å². The van der Waals surface area contributed by atoms with Crippen molar-refractivity contribution in [3.05, 3.63) is 0 Å². The lowest BCUT2D eigenvalue weighted by Crippen LogP contribution is -2.56. The molecule has 3 amide bonds. The molecule has 148 valence electrons. The minimum atomic E-state index is -2.98. The average Bonchev–Trinajstić information content (AvgIpc) is 2.62. The van der Waals surface area contributed by atoms with Gasteiger partial charge in [0.2, 0.25) is 5.91 Å². The van der Waals surface area contributed by atoms with Crippen LogP contribution in [0.2, 0.25) is 0 Å². The summed E-state index contributed by atoms with van der Waals surface area (Å²) in [7, 11) is -2.98. The van der Waals surface area contributed by atoms with Crippen LogP contribution < -0.4 is 5.32 Å². The molecular formula is C18H31N3O4S. The lowest BCUT2D eigenvalue weighted by Gasteiger charge is -2.41. The molecule has 0 aromatic heterocycles. The second-order valence-corrected chi connectivity index (χ2v) is 10.4. The van der Waals surface area contributed by atoms with E-state index in [0.29, 0.717) is 38.6 Å². The molecule has 0 aromatic carbocycles. The molecule has 8 heteroatoms. The van der Waals surface area contributed by atoms with Gasteiger partial charge < -0.3 is 15.1 Å². The summed E-state index contributed by atoms with van der Waals surface area (Å²) in [6.45, 7) is 2.15. The number of carbonyl (C=O) groups excluding carboxylic acids is 2. The molecule has 1 atom stereocenters. The molecule has 2 saturated heterocycles. The number of hydrogen-bond donors (Lipinski definition) is 1. The van der Waals surface area contributed by atoms with Crippen LogP contribution in [0.25, 0.3) is 0 Å². The topological polar surface area (TPSA) is 86.8 Å². The van der Waals surface area contributed by atoms with Gasteiger partial charge in [-0.05, 0) is 51.4 Å². The number of sulfone groups is 1. The molecular weight excluding hydrogens is 354 g/mol. The van der Waals surface area contributed by atoms with Crippen LogP contribution in [0.4, 0.5) is 4.79 Å². The van der Waals surface area contributed by atoms with Gasteiger partial charge in [-0.25, -0.2) is 13.2 Å². The van der Waals surface area contributed by atoms with Gasteiger partial charge in [-0.1, -0.05) is 0 Å². The van der Waals surface area contributed by atoms with Crippen LogP contribution in [-0.2, 0) is 14.6 Å². The monoisotopic (exact) mass is 385 g/mol. The highest BCUT2D eigenvalue weighted by atomic mass is 32.2. The third-order valence-electron chi connectivity index (χ3n) is 6.09. The SMILES string of the molecule is CS(=O)(=O)C1CCC(NC(=O)N2CCCC(N3CCCCC3=O)C2)CC1. The summed E-state index contributed by atoms with van der Waals surface area (Å²) in [5, 5.41) is 2.82. The van der Waals surface area contributed by atoms with Crippen LogP contribution in [0.3, 0.4) is 0 Å². The zero-order valence-corrected chi connectivity index (χ0v) is 16.5. The second kappa shape index (κ2) is 8.15. The quantitative estimate of drug-likeness (QED) is 0.798. The van der Waals surface area contributed by atoms with Gasteiger partial charge in [0.1, 0.15) is 9.84 Å². The lowest BCUT2D eigenvalue weighted by molar-refractivity contribution is -0.136. The summed E-state index contributed by atoms with van der Waals surface area (Å²) >= 11 is 0. The van der Waals surface area contributed by atoms with Gasteiger partial charge in [-0.15, -0.1) is 0 Å². The fourth-order valence-corrected chi connectivity index (χ4v) is 5.64. The van der Waals surface area contributed by atoms with E-state index in [0.717, 1.165) is 38.8 Å². The summed E-state index contributed by atoms with van der Waals surface area (Å²) in [5.41, 5.74) is 0. The number of nitrogens with zero attached hydrogens (tertiary/aromatic N) is 2. The summed E-state index contributed by atoms with van der Waals surface area (Å²) in [5.74, 6) is 0.225. The van der Waals surface area contributed by atoms with Crippen molar-refractivity contribution < 1.29 is 18.0 Å². The second-order valence-electron chi connectivity index (χ2n) is 8.04. The summed E-state index contributed by atoms with van der Waals surface area (Å²) in [6, 6.07) is 0.128. The number of rotatable bonds is 3. The first kappa shape index (κ1) is 19.5. The smallest absolute Gasteiger partial charge is 0.317 e. The third kappa shape index (κ3) is 4.69. The number of carbonyl (C=O) groups is 2. The fourth-order valence-electron chi connectivity index (χ4n) is 4.51. The van der Waals surface area contributed by atoms with Gasteiger partial charge in [0, 0.05) is 44.4 Å². The zero-order chi connectivity index (χ0) is 18.7. The Kier molecular flexibility index (Phi) is 6.10. The van der Waals surface area contributed by atoms with Crippen LogP contribution >= 0.6 is 0 Å². The maximum atomic E-state index is 12.6. The molecule has 2 heterocycles. The molecule has 3 aliphatic rings. The van der Waals surface area contributed by atoms with Crippen molar-refractivity contribution >= 4 is 21.8 Å². The highest BCUT2D eigenvalue weighted by Crippen LogP contribution is 2.25. The molecule has 0 radical (unpaired) electrons. The highest BCUT2D eigenvalue weighted by molar-refractivity contribution is 7.91. The average molecular weight is 386 g/mol. The van der Waals surface area contributed by atoms with E-state index in [1.807, 2.05) is 9.80 Å². The first-order valence-electron chi connectivity index (χ1n) is 9.88. The van der Waals surface area contributed by atoms with Crippen molar-refractivity contribution in [2.45, 2.75) is 75.1 Å². The molecule has 1 N–H and O–H groups in total. The predicted molar refractivity (Wildman–Crippen MR) is 99.6 cm³/mol. The Labute approximate surface area is 156 Å². The normalized spacial score (nSPS) is 31.0. The van der Waals surface area contributed by atoms with E-state index in [2.05, 4.69) is 5.32 Å². The largest absolute Gasteiger partial charge is 0.338 e. The van der Waals surface area contributed by atoms with Gasteiger partial charge in [-0.2, -0.15) is 0 Å². The van der Waals surface area contributed by atoms with Gasteiger partial charge in [0.25, 0.3) is 0 Å². The highest BCUT2D eigenvalue weighted by Gasteiger charge is 2.33. The van der Waals surface area contributed by atoms with E-state index in [9.17, 15) is 18.0 Å². The Balaban J connectivity index is 1.49. The molecule has 7 nitrogen and oxygen atoms in total. The van der Waals surface area contributed by atoms with Gasteiger partial charge in [0.15, 0.2) is 0 Å². The maximum Gasteiger partial charge on any atom is 0.317 e. The fraction of sp³-hybridized carbons (Fsp3) is 0.889. The molecule has 0 bridgehead atoms. The molecule has 0 spiro atoms. The van der Waals surface area contributed by atoms with Crippen molar-refractivity contribution in [3.63, 3.8) is 0 Å². The zero-order valence-electron chi connectivity index (χ0n) is 15.7. The van der Waals surface area contributed by atoms with Crippen LogP contribution in [0.1, 0.15) is 57.8 Å². The van der Waals surface area contributed by atoms with Crippen molar-refractivity contribution in [1.82, 2.24) is 15.1 Å². The van der Waals surface area contributed by atoms with E-state index in [1.165, 1.54) is 6.26 Å². The van der Waals surface area contributed by atoms with E-state index < -0.39 is 9.84 Å². The third-order valence-corrected chi connectivity index (χ3v) is 7.77. The van der Waals surface area contributed by atoms with Gasteiger partial charge in [-0.3, -0.25) is 4.79 Å². The number of likely N-dealkylation sites (tertiary alicyclic amines) is 2. The standard InChI is InChI=1S/C18H31N3O4S/c1-26(24,25)16-9-7-14(8-10-16)19-18(23)20-11-4-5-15(13-20)21-12-3-2-6-17(21)22/h14-16H,2-13H2,1H3,(H,19,23). The van der Waals surface area contributed by atoms with Crippen LogP contribution in [0.5, 0.6) is 0 Å². The summed E-state index contributed by atoms with van der Waals surface area (Å²) < 4.78 is 23.3. The Morgan fingerprint density at radius 1 is 1.04 bits per heavy atom. The number of hydrogen-bond acceptors (Lipinski definition) is 4. The van der Waals surface area contributed by atoms with Crippen LogP contribution in [0, 0.1) is 0 Å². The number of amides is 3. The van der Waals surface area contributed by atoms with Crippen molar-refractivity contribution in [2.75, 3.05) is 25.9 Å². The number of urea groups is 1. The van der Waals surface area contributed by atoms with Gasteiger partial charge >= 0.3 is 6.03 Å². The van der Waals surface area contributed by atoms with Gasteiger partial charge in [0.05, 0.1) is 5.25 Å². The lowest BCUT2D eigenvalue weighted by atomic mass is 9.95. The first-order chi connectivity index (χ1) is 12.3. The Morgan fingerprint density at radius 3 is 2.42 bits per heavy atom. The van der Waals surface area contributed by atoms with E-state index in [4.69, 9.17) is 0 Å².